The molecule has 0 radical (unpaired) electrons. The normalized spacial score (nSPS) is 15.8. The molecule has 1 aliphatic rings. The molecule has 0 atom stereocenters. The van der Waals surface area contributed by atoms with Crippen molar-refractivity contribution in [1.29, 1.82) is 0 Å². The lowest BCUT2D eigenvalue weighted by Crippen LogP contribution is -2.38. The smallest absolute Gasteiger partial charge is 0.324 e. The highest BCUT2D eigenvalue weighted by Crippen LogP contribution is 2.32. The van der Waals surface area contributed by atoms with Crippen molar-refractivity contribution in [3.05, 3.63) is 17.3 Å². The van der Waals surface area contributed by atoms with Crippen molar-refractivity contribution in [1.82, 2.24) is 20.1 Å². The molecule has 0 N–H and O–H groups in total. The number of piperidine rings is 1. The number of ether oxygens (including phenoxy) is 2. The molecule has 3 rings (SSSR count). The van der Waals surface area contributed by atoms with Crippen LogP contribution in [-0.2, 0) is 0 Å². The van der Waals surface area contributed by atoms with E-state index in [-0.39, 0.29) is 17.2 Å². The number of methoxy groups -OCH3 is 1. The number of rotatable bonds is 5. The lowest BCUT2D eigenvalue weighted by molar-refractivity contribution is 0.155. The summed E-state index contributed by atoms with van der Waals surface area (Å²) < 4.78 is 16.5. The number of nitrogens with zero attached hydrogens (tertiary/aromatic N) is 5. The van der Waals surface area contributed by atoms with Crippen molar-refractivity contribution in [3.63, 3.8) is 0 Å². The Bertz CT molecular complexity index is 685. The third-order valence-corrected chi connectivity index (χ3v) is 4.14. The minimum absolute atomic E-state index is 0.0219. The molecule has 1 aliphatic heterocycles. The summed E-state index contributed by atoms with van der Waals surface area (Å²) in [7, 11) is 1.52. The van der Waals surface area contributed by atoms with Gasteiger partial charge in [0.15, 0.2) is 11.0 Å². The lowest BCUT2D eigenvalue weighted by atomic mass is 10.1. The molecule has 2 aromatic rings. The molecular weight excluding hydrogens is 334 g/mol. The average molecular weight is 354 g/mol. The van der Waals surface area contributed by atoms with Crippen LogP contribution in [0.4, 0.5) is 6.01 Å². The highest BCUT2D eigenvalue weighted by molar-refractivity contribution is 6.31. The zero-order valence-electron chi connectivity index (χ0n) is 13.9. The first kappa shape index (κ1) is 16.8. The van der Waals surface area contributed by atoms with Crippen LogP contribution >= 0.6 is 11.6 Å². The van der Waals surface area contributed by atoms with Crippen LogP contribution in [-0.4, -0.2) is 46.4 Å². The Morgan fingerprint density at radius 2 is 2.04 bits per heavy atom. The molecule has 8 nitrogen and oxygen atoms in total. The minimum Gasteiger partial charge on any atom is -0.489 e. The monoisotopic (exact) mass is 353 g/mol. The topological polar surface area (TPSA) is 86.4 Å². The fraction of sp³-hybridized carbons (Fsp3) is 0.600. The van der Waals surface area contributed by atoms with Crippen molar-refractivity contribution in [3.8, 4) is 11.6 Å². The maximum absolute atomic E-state index is 5.99. The van der Waals surface area contributed by atoms with E-state index < -0.39 is 0 Å². The van der Waals surface area contributed by atoms with E-state index in [1.54, 1.807) is 0 Å². The van der Waals surface area contributed by atoms with Crippen molar-refractivity contribution in [2.24, 2.45) is 0 Å². The predicted octanol–water partition coefficient (Wildman–Crippen LogP) is 2.69. The fourth-order valence-corrected chi connectivity index (χ4v) is 2.71. The maximum Gasteiger partial charge on any atom is 0.324 e. The summed E-state index contributed by atoms with van der Waals surface area (Å²) in [5, 5.41) is 4.25. The van der Waals surface area contributed by atoms with E-state index in [1.165, 1.54) is 13.4 Å². The summed E-state index contributed by atoms with van der Waals surface area (Å²) >= 11 is 5.99. The summed E-state index contributed by atoms with van der Waals surface area (Å²) in [6.07, 6.45) is 3.00. The van der Waals surface area contributed by atoms with Gasteiger partial charge in [-0.3, -0.25) is 0 Å². The lowest BCUT2D eigenvalue weighted by Gasteiger charge is -2.30. The first-order valence-electron chi connectivity index (χ1n) is 7.88. The maximum atomic E-state index is 5.99. The van der Waals surface area contributed by atoms with Crippen LogP contribution in [0.3, 0.4) is 0 Å². The van der Waals surface area contributed by atoms with E-state index in [2.05, 4.69) is 25.0 Å². The number of anilines is 1. The van der Waals surface area contributed by atoms with Gasteiger partial charge in [-0.05, 0) is 0 Å². The number of aromatic nitrogens is 4. The average Bonchev–Trinajstić information content (AvgIpc) is 3.06. The predicted molar refractivity (Wildman–Crippen MR) is 87.8 cm³/mol. The molecule has 0 bridgehead atoms. The molecule has 1 saturated heterocycles. The molecular formula is C15H20ClN5O3. The molecule has 24 heavy (non-hydrogen) atoms. The molecule has 9 heteroatoms. The standard InChI is InChI=1S/C15H20ClN5O3/c1-9(2)13-19-15(24-20-13)21-6-4-10(5-7-21)23-14-11(22-3)12(16)17-8-18-14/h8-10H,4-7H2,1-3H3. The fourth-order valence-electron chi connectivity index (χ4n) is 2.51. The molecule has 0 aliphatic carbocycles. The minimum atomic E-state index is 0.0219. The molecule has 0 spiro atoms. The van der Waals surface area contributed by atoms with Crippen LogP contribution in [0, 0.1) is 0 Å². The number of hydrogen-bond acceptors (Lipinski definition) is 8. The Labute approximate surface area is 145 Å². The van der Waals surface area contributed by atoms with Crippen LogP contribution in [0.15, 0.2) is 10.9 Å². The van der Waals surface area contributed by atoms with Gasteiger partial charge in [-0.25, -0.2) is 4.98 Å². The van der Waals surface area contributed by atoms with E-state index in [4.69, 9.17) is 25.6 Å². The van der Waals surface area contributed by atoms with Crippen LogP contribution < -0.4 is 14.4 Å². The van der Waals surface area contributed by atoms with E-state index >= 15 is 0 Å². The van der Waals surface area contributed by atoms with Gasteiger partial charge in [0.05, 0.1) is 7.11 Å². The van der Waals surface area contributed by atoms with Gasteiger partial charge >= 0.3 is 6.01 Å². The molecule has 3 heterocycles. The van der Waals surface area contributed by atoms with E-state index in [0.717, 1.165) is 31.8 Å². The van der Waals surface area contributed by atoms with E-state index in [0.29, 0.717) is 17.6 Å². The Hall–Kier alpha value is -2.09. The molecule has 0 aromatic carbocycles. The van der Waals surface area contributed by atoms with Gasteiger partial charge in [-0.1, -0.05) is 30.6 Å². The molecule has 1 fully saturated rings. The molecule has 0 unspecified atom stereocenters. The van der Waals surface area contributed by atoms with Crippen molar-refractivity contribution in [2.75, 3.05) is 25.1 Å². The third kappa shape index (κ3) is 3.53. The summed E-state index contributed by atoms with van der Waals surface area (Å²) in [5.41, 5.74) is 0. The summed E-state index contributed by atoms with van der Waals surface area (Å²) in [6.45, 7) is 5.61. The Morgan fingerprint density at radius 1 is 1.29 bits per heavy atom. The molecule has 130 valence electrons. The Kier molecular flexibility index (Phi) is 5.03. The number of halogens is 1. The molecule has 0 saturated carbocycles. The van der Waals surface area contributed by atoms with Gasteiger partial charge in [0.25, 0.3) is 5.88 Å². The largest absolute Gasteiger partial charge is 0.489 e. The Morgan fingerprint density at radius 3 is 2.67 bits per heavy atom. The van der Waals surface area contributed by atoms with Crippen LogP contribution in [0.25, 0.3) is 0 Å². The van der Waals surface area contributed by atoms with Crippen molar-refractivity contribution in [2.45, 2.75) is 38.7 Å². The van der Waals surface area contributed by atoms with Crippen LogP contribution in [0.5, 0.6) is 11.6 Å². The Balaban J connectivity index is 1.60. The van der Waals surface area contributed by atoms with E-state index in [1.807, 2.05) is 13.8 Å². The van der Waals surface area contributed by atoms with E-state index in [9.17, 15) is 0 Å². The second-order valence-electron chi connectivity index (χ2n) is 5.90. The number of hydrogen-bond donors (Lipinski definition) is 0. The summed E-state index contributed by atoms with van der Waals surface area (Å²) in [6, 6.07) is 0.569. The summed E-state index contributed by atoms with van der Waals surface area (Å²) in [5.74, 6) is 1.71. The molecule has 2 aromatic heterocycles. The van der Waals surface area contributed by atoms with Gasteiger partial charge in [0.1, 0.15) is 12.4 Å². The van der Waals surface area contributed by atoms with Gasteiger partial charge < -0.3 is 18.9 Å². The highest BCUT2D eigenvalue weighted by atomic mass is 35.5. The third-order valence-electron chi connectivity index (χ3n) is 3.87. The van der Waals surface area contributed by atoms with Gasteiger partial charge in [-0.2, -0.15) is 9.97 Å². The highest BCUT2D eigenvalue weighted by Gasteiger charge is 2.26. The van der Waals surface area contributed by atoms with Gasteiger partial charge in [-0.15, -0.1) is 0 Å². The first-order valence-corrected chi connectivity index (χ1v) is 8.26. The molecule has 0 amide bonds. The van der Waals surface area contributed by atoms with Crippen molar-refractivity contribution >= 4 is 17.6 Å². The second-order valence-corrected chi connectivity index (χ2v) is 6.26. The quantitative estimate of drug-likeness (QED) is 0.758. The summed E-state index contributed by atoms with van der Waals surface area (Å²) in [4.78, 5) is 14.5. The van der Waals surface area contributed by atoms with Crippen LogP contribution in [0.1, 0.15) is 38.4 Å². The SMILES string of the molecule is COc1c(Cl)ncnc1OC1CCN(c2nc(C(C)C)no2)CC1. The zero-order chi connectivity index (χ0) is 17.1. The van der Waals surface area contributed by atoms with Gasteiger partial charge in [0.2, 0.25) is 5.75 Å². The van der Waals surface area contributed by atoms with Crippen molar-refractivity contribution < 1.29 is 14.0 Å². The first-order chi connectivity index (χ1) is 11.6. The zero-order valence-corrected chi connectivity index (χ0v) is 14.7. The van der Waals surface area contributed by atoms with Crippen LogP contribution in [0.2, 0.25) is 5.15 Å². The second kappa shape index (κ2) is 7.21. The van der Waals surface area contributed by atoms with Gasteiger partial charge in [0, 0.05) is 31.8 Å².